The van der Waals surface area contributed by atoms with Gasteiger partial charge < -0.3 is 15.2 Å². The highest BCUT2D eigenvalue weighted by Gasteiger charge is 2.14. The van der Waals surface area contributed by atoms with Gasteiger partial charge in [0.25, 0.3) is 0 Å². The van der Waals surface area contributed by atoms with E-state index in [9.17, 15) is 4.79 Å². The highest BCUT2D eigenvalue weighted by molar-refractivity contribution is 5.64. The second kappa shape index (κ2) is 3.41. The Morgan fingerprint density at radius 2 is 2.10 bits per heavy atom. The molecular formula is C6H11NO3. The van der Waals surface area contributed by atoms with Crippen molar-refractivity contribution in [2.45, 2.75) is 18.9 Å². The molecule has 0 aromatic rings. The second-order valence-corrected chi connectivity index (χ2v) is 2.34. The van der Waals surface area contributed by atoms with Gasteiger partial charge in [0, 0.05) is 19.3 Å². The average molecular weight is 145 g/mol. The monoisotopic (exact) mass is 145 g/mol. The third-order valence-electron chi connectivity index (χ3n) is 1.55. The zero-order valence-corrected chi connectivity index (χ0v) is 5.67. The van der Waals surface area contributed by atoms with Crippen LogP contribution in [0.1, 0.15) is 12.8 Å². The molecule has 1 aliphatic rings. The summed E-state index contributed by atoms with van der Waals surface area (Å²) in [5.41, 5.74) is 0. The Bertz CT molecular complexity index is 120. The Morgan fingerprint density at radius 1 is 1.50 bits per heavy atom. The van der Waals surface area contributed by atoms with E-state index >= 15 is 0 Å². The van der Waals surface area contributed by atoms with Crippen molar-refractivity contribution in [1.82, 2.24) is 5.32 Å². The standard InChI is InChI=1S/C6H11NO3/c8-6(9)7-5-1-3-10-4-2-5/h5,7H,1-4H2,(H,8,9). The lowest BCUT2D eigenvalue weighted by Crippen LogP contribution is -2.37. The van der Waals surface area contributed by atoms with Crippen LogP contribution in [0.2, 0.25) is 0 Å². The van der Waals surface area contributed by atoms with E-state index in [0.29, 0.717) is 13.2 Å². The van der Waals surface area contributed by atoms with Crippen molar-refractivity contribution in [1.29, 1.82) is 0 Å². The Labute approximate surface area is 59.2 Å². The van der Waals surface area contributed by atoms with E-state index in [2.05, 4.69) is 5.32 Å². The predicted octanol–water partition coefficient (Wildman–Crippen LogP) is 0.433. The fourth-order valence-corrected chi connectivity index (χ4v) is 1.02. The van der Waals surface area contributed by atoms with Crippen LogP contribution in [0.3, 0.4) is 0 Å². The summed E-state index contributed by atoms with van der Waals surface area (Å²) in [6.45, 7) is 1.34. The first-order chi connectivity index (χ1) is 4.79. The van der Waals surface area contributed by atoms with Crippen molar-refractivity contribution >= 4 is 6.09 Å². The number of nitrogens with one attached hydrogen (secondary N) is 1. The van der Waals surface area contributed by atoms with Gasteiger partial charge in [-0.05, 0) is 12.8 Å². The molecule has 4 nitrogen and oxygen atoms in total. The van der Waals surface area contributed by atoms with Gasteiger partial charge in [0.05, 0.1) is 0 Å². The van der Waals surface area contributed by atoms with Gasteiger partial charge in [-0.2, -0.15) is 0 Å². The van der Waals surface area contributed by atoms with Crippen LogP contribution in [0.5, 0.6) is 0 Å². The summed E-state index contributed by atoms with van der Waals surface area (Å²) in [6.07, 6.45) is 0.658. The molecule has 4 heteroatoms. The molecular weight excluding hydrogens is 134 g/mol. The molecule has 0 unspecified atom stereocenters. The van der Waals surface area contributed by atoms with Crippen LogP contribution >= 0.6 is 0 Å². The summed E-state index contributed by atoms with van der Waals surface area (Å²) in [5.74, 6) is 0. The number of carboxylic acid groups (broad SMARTS) is 1. The van der Waals surface area contributed by atoms with E-state index in [0.717, 1.165) is 12.8 Å². The number of hydrogen-bond acceptors (Lipinski definition) is 2. The van der Waals surface area contributed by atoms with Crippen LogP contribution < -0.4 is 5.32 Å². The van der Waals surface area contributed by atoms with Crippen LogP contribution in [0.25, 0.3) is 0 Å². The number of ether oxygens (including phenoxy) is 1. The summed E-state index contributed by atoms with van der Waals surface area (Å²) in [4.78, 5) is 10.1. The highest BCUT2D eigenvalue weighted by Crippen LogP contribution is 2.05. The minimum Gasteiger partial charge on any atom is -0.465 e. The van der Waals surface area contributed by atoms with Crippen molar-refractivity contribution < 1.29 is 14.6 Å². The van der Waals surface area contributed by atoms with Crippen molar-refractivity contribution in [3.05, 3.63) is 0 Å². The minimum atomic E-state index is -0.938. The van der Waals surface area contributed by atoms with Crippen LogP contribution in [0.15, 0.2) is 0 Å². The predicted molar refractivity (Wildman–Crippen MR) is 35.0 cm³/mol. The first-order valence-electron chi connectivity index (χ1n) is 3.36. The lowest BCUT2D eigenvalue weighted by atomic mass is 10.1. The van der Waals surface area contributed by atoms with Crippen molar-refractivity contribution in [2.24, 2.45) is 0 Å². The summed E-state index contributed by atoms with van der Waals surface area (Å²) >= 11 is 0. The quantitative estimate of drug-likeness (QED) is 0.562. The molecule has 2 N–H and O–H groups in total. The van der Waals surface area contributed by atoms with Gasteiger partial charge in [-0.1, -0.05) is 0 Å². The number of rotatable bonds is 1. The Hall–Kier alpha value is -0.770. The molecule has 0 aliphatic carbocycles. The maximum absolute atomic E-state index is 10.1. The SMILES string of the molecule is O=C(O)NC1CCOCC1. The topological polar surface area (TPSA) is 58.6 Å². The van der Waals surface area contributed by atoms with E-state index in [1.165, 1.54) is 0 Å². The molecule has 1 heterocycles. The molecule has 58 valence electrons. The largest absolute Gasteiger partial charge is 0.465 e. The van der Waals surface area contributed by atoms with Crippen LogP contribution in [0, 0.1) is 0 Å². The van der Waals surface area contributed by atoms with Gasteiger partial charge in [0.15, 0.2) is 0 Å². The average Bonchev–Trinajstić information content (AvgIpc) is 1.88. The number of amides is 1. The van der Waals surface area contributed by atoms with Crippen LogP contribution in [0.4, 0.5) is 4.79 Å². The first kappa shape index (κ1) is 7.34. The summed E-state index contributed by atoms with van der Waals surface area (Å²) in [5, 5.41) is 10.7. The smallest absolute Gasteiger partial charge is 0.404 e. The fourth-order valence-electron chi connectivity index (χ4n) is 1.02. The second-order valence-electron chi connectivity index (χ2n) is 2.34. The first-order valence-corrected chi connectivity index (χ1v) is 3.36. The Kier molecular flexibility index (Phi) is 2.50. The molecule has 0 atom stereocenters. The van der Waals surface area contributed by atoms with Crippen LogP contribution in [-0.4, -0.2) is 30.5 Å². The number of hydrogen-bond donors (Lipinski definition) is 2. The Morgan fingerprint density at radius 3 is 2.60 bits per heavy atom. The molecule has 1 fully saturated rings. The molecule has 1 amide bonds. The molecule has 10 heavy (non-hydrogen) atoms. The third-order valence-corrected chi connectivity index (χ3v) is 1.55. The van der Waals surface area contributed by atoms with Crippen LogP contribution in [-0.2, 0) is 4.74 Å². The molecule has 1 rings (SSSR count). The van der Waals surface area contributed by atoms with Gasteiger partial charge in [-0.3, -0.25) is 0 Å². The fraction of sp³-hybridized carbons (Fsp3) is 0.833. The van der Waals surface area contributed by atoms with E-state index in [4.69, 9.17) is 9.84 Å². The van der Waals surface area contributed by atoms with Crippen molar-refractivity contribution in [2.75, 3.05) is 13.2 Å². The normalized spacial score (nSPS) is 20.4. The molecule has 1 aliphatic heterocycles. The van der Waals surface area contributed by atoms with E-state index < -0.39 is 6.09 Å². The number of carbonyl (C=O) groups is 1. The molecule has 0 aromatic carbocycles. The summed E-state index contributed by atoms with van der Waals surface area (Å²) in [6, 6.07) is 0.103. The molecule has 0 spiro atoms. The lowest BCUT2D eigenvalue weighted by Gasteiger charge is -2.21. The third kappa shape index (κ3) is 2.23. The Balaban J connectivity index is 2.19. The zero-order valence-electron chi connectivity index (χ0n) is 5.67. The maximum Gasteiger partial charge on any atom is 0.404 e. The summed E-state index contributed by atoms with van der Waals surface area (Å²) in [7, 11) is 0. The zero-order chi connectivity index (χ0) is 7.40. The molecule has 1 saturated heterocycles. The highest BCUT2D eigenvalue weighted by atomic mass is 16.5. The molecule has 0 radical (unpaired) electrons. The van der Waals surface area contributed by atoms with Gasteiger partial charge in [-0.25, -0.2) is 4.79 Å². The van der Waals surface area contributed by atoms with E-state index in [1.54, 1.807) is 0 Å². The van der Waals surface area contributed by atoms with Gasteiger partial charge in [0.1, 0.15) is 0 Å². The molecule has 0 saturated carbocycles. The van der Waals surface area contributed by atoms with E-state index in [1.807, 2.05) is 0 Å². The van der Waals surface area contributed by atoms with Gasteiger partial charge >= 0.3 is 6.09 Å². The minimum absolute atomic E-state index is 0.103. The van der Waals surface area contributed by atoms with Crippen molar-refractivity contribution in [3.63, 3.8) is 0 Å². The lowest BCUT2D eigenvalue weighted by molar-refractivity contribution is 0.0773. The molecule has 0 bridgehead atoms. The van der Waals surface area contributed by atoms with Gasteiger partial charge in [0.2, 0.25) is 0 Å². The maximum atomic E-state index is 10.1. The van der Waals surface area contributed by atoms with Crippen molar-refractivity contribution in [3.8, 4) is 0 Å². The molecule has 0 aromatic heterocycles. The summed E-state index contributed by atoms with van der Waals surface area (Å²) < 4.78 is 5.05. The van der Waals surface area contributed by atoms with Gasteiger partial charge in [-0.15, -0.1) is 0 Å². The van der Waals surface area contributed by atoms with E-state index in [-0.39, 0.29) is 6.04 Å².